The van der Waals surface area contributed by atoms with Crippen molar-refractivity contribution in [1.82, 2.24) is 20.8 Å². The molecule has 8 nitrogen and oxygen atoms in total. The summed E-state index contributed by atoms with van der Waals surface area (Å²) in [5.41, 5.74) is 6.72. The second kappa shape index (κ2) is 9.44. The van der Waals surface area contributed by atoms with Crippen LogP contribution < -0.4 is 16.4 Å². The molecule has 0 radical (unpaired) electrons. The number of carbonyl (C=O) groups is 1. The van der Waals surface area contributed by atoms with Crippen LogP contribution in [0.4, 0.5) is 4.39 Å². The number of allylic oxidation sites excluding steroid dienone is 2. The fraction of sp³-hybridized carbons (Fsp3) is 0.263. The van der Waals surface area contributed by atoms with Gasteiger partial charge in [0.15, 0.2) is 5.82 Å². The Kier molecular flexibility index (Phi) is 6.73. The number of hydrogen-bond donors (Lipinski definition) is 4. The van der Waals surface area contributed by atoms with Gasteiger partial charge in [-0.2, -0.15) is 0 Å². The molecule has 1 fully saturated rings. The largest absolute Gasteiger partial charge is 0.416 e. The van der Waals surface area contributed by atoms with Gasteiger partial charge >= 0.3 is 0 Å². The van der Waals surface area contributed by atoms with Crippen molar-refractivity contribution in [3.05, 3.63) is 52.9 Å². The molecule has 0 spiro atoms. The molecule has 2 aromatic rings. The lowest BCUT2D eigenvalue weighted by atomic mass is 9.94. The third-order valence-corrected chi connectivity index (χ3v) is 4.78. The van der Waals surface area contributed by atoms with Gasteiger partial charge in [-0.3, -0.25) is 4.79 Å². The normalized spacial score (nSPS) is 15.9. The lowest BCUT2D eigenvalue weighted by molar-refractivity contribution is -0.115. The first-order chi connectivity index (χ1) is 14.0. The van der Waals surface area contributed by atoms with Gasteiger partial charge in [0.1, 0.15) is 0 Å². The first kappa shape index (κ1) is 20.7. The molecule has 5 N–H and O–H groups in total. The average Bonchev–Trinajstić information content (AvgIpc) is 3.21. The second-order valence-electron chi connectivity index (χ2n) is 6.43. The Bertz CT molecular complexity index is 965. The van der Waals surface area contributed by atoms with Crippen LogP contribution in [-0.2, 0) is 4.79 Å². The van der Waals surface area contributed by atoms with E-state index in [4.69, 9.17) is 27.2 Å². The standard InChI is InChI=1S/C19H20ClFN6O2/c20-14-3-1-2-13(17(14)21)19-27-26-18(29-19)12(9-22)10-25-16(28)8-15(23)11-4-6-24-7-5-11/h1-3,8-11,22,24H,4-7,23H2,(H,25,28)/b12-10-,15-8-,22-9?. The van der Waals surface area contributed by atoms with E-state index < -0.39 is 11.7 Å². The maximum absolute atomic E-state index is 14.1. The molecule has 1 aliphatic heterocycles. The van der Waals surface area contributed by atoms with Gasteiger partial charge in [-0.1, -0.05) is 17.7 Å². The molecule has 1 aromatic carbocycles. The molecule has 29 heavy (non-hydrogen) atoms. The molecule has 1 saturated heterocycles. The SMILES string of the molecule is N=C/C(=C/NC(=O)/C=C(\N)C1CCNCC1)c1nnc(-c2cccc(Cl)c2F)o1. The van der Waals surface area contributed by atoms with Crippen LogP contribution in [0, 0.1) is 17.1 Å². The van der Waals surface area contributed by atoms with Gasteiger partial charge in [0.25, 0.3) is 11.8 Å². The molecular formula is C19H20ClFN6O2. The van der Waals surface area contributed by atoms with Gasteiger partial charge < -0.3 is 26.2 Å². The van der Waals surface area contributed by atoms with Crippen molar-refractivity contribution in [2.75, 3.05) is 13.1 Å². The van der Waals surface area contributed by atoms with Gasteiger partial charge in [-0.25, -0.2) is 4.39 Å². The number of amides is 1. The summed E-state index contributed by atoms with van der Waals surface area (Å²) in [4.78, 5) is 12.1. The number of aromatic nitrogens is 2. The number of piperidine rings is 1. The molecule has 152 valence electrons. The maximum atomic E-state index is 14.1. The van der Waals surface area contributed by atoms with Gasteiger partial charge in [-0.05, 0) is 38.1 Å². The lowest BCUT2D eigenvalue weighted by Crippen LogP contribution is -2.31. The third kappa shape index (κ3) is 5.07. The Balaban J connectivity index is 1.72. The molecule has 0 unspecified atom stereocenters. The first-order valence-electron chi connectivity index (χ1n) is 8.96. The minimum atomic E-state index is -0.684. The number of nitrogens with two attached hydrogens (primary N) is 1. The Labute approximate surface area is 171 Å². The Morgan fingerprint density at radius 3 is 2.86 bits per heavy atom. The maximum Gasteiger partial charge on any atom is 0.251 e. The predicted molar refractivity (Wildman–Crippen MR) is 107 cm³/mol. The second-order valence-corrected chi connectivity index (χ2v) is 6.84. The zero-order valence-corrected chi connectivity index (χ0v) is 16.2. The number of halogens is 2. The van der Waals surface area contributed by atoms with Crippen molar-refractivity contribution in [3.8, 4) is 11.5 Å². The number of rotatable bonds is 6. The molecule has 0 bridgehead atoms. The van der Waals surface area contributed by atoms with Crippen molar-refractivity contribution < 1.29 is 13.6 Å². The molecule has 0 atom stereocenters. The van der Waals surface area contributed by atoms with E-state index in [1.54, 1.807) is 6.07 Å². The number of carbonyl (C=O) groups excluding carboxylic acids is 1. The van der Waals surface area contributed by atoms with E-state index in [1.165, 1.54) is 24.4 Å². The molecule has 1 aromatic heterocycles. The van der Waals surface area contributed by atoms with Gasteiger partial charge in [0.05, 0.1) is 16.2 Å². The highest BCUT2D eigenvalue weighted by Crippen LogP contribution is 2.27. The number of nitrogens with zero attached hydrogens (tertiary/aromatic N) is 2. The Morgan fingerprint density at radius 1 is 1.38 bits per heavy atom. The first-order valence-corrected chi connectivity index (χ1v) is 9.34. The molecular weight excluding hydrogens is 399 g/mol. The van der Waals surface area contributed by atoms with Crippen LogP contribution in [-0.4, -0.2) is 35.4 Å². The summed E-state index contributed by atoms with van der Waals surface area (Å²) in [5.74, 6) is -1.09. The van der Waals surface area contributed by atoms with Crippen molar-refractivity contribution in [1.29, 1.82) is 5.41 Å². The summed E-state index contributed by atoms with van der Waals surface area (Å²) in [6.45, 7) is 1.73. The predicted octanol–water partition coefficient (Wildman–Crippen LogP) is 2.48. The third-order valence-electron chi connectivity index (χ3n) is 4.49. The fourth-order valence-electron chi connectivity index (χ4n) is 2.90. The smallest absolute Gasteiger partial charge is 0.251 e. The average molecular weight is 419 g/mol. The minimum Gasteiger partial charge on any atom is -0.416 e. The van der Waals surface area contributed by atoms with Crippen molar-refractivity contribution >= 4 is 29.3 Å². The zero-order valence-electron chi connectivity index (χ0n) is 15.4. The van der Waals surface area contributed by atoms with Crippen LogP contribution in [0.15, 0.2) is 40.6 Å². The van der Waals surface area contributed by atoms with E-state index >= 15 is 0 Å². The quantitative estimate of drug-likeness (QED) is 0.421. The van der Waals surface area contributed by atoms with Crippen LogP contribution in [0.3, 0.4) is 0 Å². The Hall–Kier alpha value is -3.04. The van der Waals surface area contributed by atoms with E-state index in [0.717, 1.165) is 32.1 Å². The van der Waals surface area contributed by atoms with Gasteiger partial charge in [-0.15, -0.1) is 10.2 Å². The summed E-state index contributed by atoms with van der Waals surface area (Å²) in [5, 5.41) is 20.8. The molecule has 0 aliphatic carbocycles. The minimum absolute atomic E-state index is 0.0438. The fourth-order valence-corrected chi connectivity index (χ4v) is 3.07. The topological polar surface area (TPSA) is 130 Å². The van der Waals surface area contributed by atoms with Crippen LogP contribution in [0.2, 0.25) is 5.02 Å². The highest BCUT2D eigenvalue weighted by atomic mass is 35.5. The van der Waals surface area contributed by atoms with Crippen molar-refractivity contribution in [2.45, 2.75) is 12.8 Å². The van der Waals surface area contributed by atoms with Gasteiger partial charge in [0.2, 0.25) is 5.91 Å². The number of benzene rings is 1. The van der Waals surface area contributed by atoms with E-state index in [0.29, 0.717) is 5.70 Å². The van der Waals surface area contributed by atoms with E-state index in [2.05, 4.69) is 20.8 Å². The van der Waals surface area contributed by atoms with E-state index in [-0.39, 0.29) is 33.9 Å². The van der Waals surface area contributed by atoms with Crippen LogP contribution in [0.25, 0.3) is 17.0 Å². The van der Waals surface area contributed by atoms with Crippen molar-refractivity contribution in [2.24, 2.45) is 11.7 Å². The zero-order chi connectivity index (χ0) is 20.8. The summed E-state index contributed by atoms with van der Waals surface area (Å²) in [7, 11) is 0. The lowest BCUT2D eigenvalue weighted by Gasteiger charge is -2.22. The molecule has 3 rings (SSSR count). The van der Waals surface area contributed by atoms with E-state index in [9.17, 15) is 9.18 Å². The van der Waals surface area contributed by atoms with E-state index in [1.807, 2.05) is 0 Å². The highest BCUT2D eigenvalue weighted by Gasteiger charge is 2.18. The number of hydrogen-bond acceptors (Lipinski definition) is 7. The molecule has 1 amide bonds. The van der Waals surface area contributed by atoms with Crippen LogP contribution in [0.1, 0.15) is 18.7 Å². The Morgan fingerprint density at radius 2 is 2.14 bits per heavy atom. The summed E-state index contributed by atoms with van der Waals surface area (Å²) < 4.78 is 19.5. The molecule has 0 saturated carbocycles. The van der Waals surface area contributed by atoms with Crippen LogP contribution >= 0.6 is 11.6 Å². The highest BCUT2D eigenvalue weighted by molar-refractivity contribution is 6.31. The summed E-state index contributed by atoms with van der Waals surface area (Å²) in [6, 6.07) is 4.40. The number of nitrogens with one attached hydrogen (secondary N) is 3. The summed E-state index contributed by atoms with van der Waals surface area (Å²) in [6.07, 6.45) is 5.29. The molecule has 2 heterocycles. The summed E-state index contributed by atoms with van der Waals surface area (Å²) >= 11 is 5.76. The molecule has 10 heteroatoms. The molecule has 1 aliphatic rings. The monoisotopic (exact) mass is 418 g/mol. The van der Waals surface area contributed by atoms with Crippen molar-refractivity contribution in [3.63, 3.8) is 0 Å². The van der Waals surface area contributed by atoms with Gasteiger partial charge in [0, 0.05) is 30.1 Å². The van der Waals surface area contributed by atoms with Crippen LogP contribution in [0.5, 0.6) is 0 Å².